The third-order valence-corrected chi connectivity index (χ3v) is 5.59. The highest BCUT2D eigenvalue weighted by atomic mass is 35.5. The molecule has 0 aliphatic heterocycles. The molecule has 1 unspecified atom stereocenters. The number of hydrogen-bond donors (Lipinski definition) is 1. The molecule has 5 nitrogen and oxygen atoms in total. The molecule has 1 aliphatic carbocycles. The first-order valence-corrected chi connectivity index (χ1v) is 10.6. The van der Waals surface area contributed by atoms with Crippen LogP contribution >= 0.6 is 11.6 Å². The molecule has 1 saturated carbocycles. The molecule has 1 heterocycles. The third kappa shape index (κ3) is 5.57. The Morgan fingerprint density at radius 3 is 2.41 bits per heavy atom. The Bertz CT molecular complexity index is 818. The average Bonchev–Trinajstić information content (AvgIpc) is 3.21. The second kappa shape index (κ2) is 9.88. The Labute approximate surface area is 177 Å². The van der Waals surface area contributed by atoms with Crippen LogP contribution in [0.3, 0.4) is 0 Å². The van der Waals surface area contributed by atoms with Crippen LogP contribution in [0.1, 0.15) is 55.5 Å². The highest BCUT2D eigenvalue weighted by molar-refractivity contribution is 6.29. The first-order chi connectivity index (χ1) is 14.0. The first-order valence-electron chi connectivity index (χ1n) is 10.2. The van der Waals surface area contributed by atoms with Gasteiger partial charge in [0.1, 0.15) is 11.2 Å². The topological polar surface area (TPSA) is 62.3 Å². The standard InChI is InChI=1S/C23H28ClN3O2/c1-16(2)21(22(28)26-19-10-6-7-11-19)27(15-17-8-4-3-5-9-17)23(29)18-12-13-20(24)25-14-18/h3-5,8-9,12-14,16,19,21H,6-7,10-11,15H2,1-2H3,(H,26,28). The molecule has 1 N–H and O–H groups in total. The summed E-state index contributed by atoms with van der Waals surface area (Å²) in [5.41, 5.74) is 1.40. The predicted molar refractivity (Wildman–Crippen MR) is 115 cm³/mol. The zero-order valence-electron chi connectivity index (χ0n) is 17.0. The fourth-order valence-electron chi connectivity index (χ4n) is 3.91. The maximum absolute atomic E-state index is 13.4. The van der Waals surface area contributed by atoms with E-state index in [0.29, 0.717) is 17.3 Å². The summed E-state index contributed by atoms with van der Waals surface area (Å²) in [4.78, 5) is 32.3. The summed E-state index contributed by atoms with van der Waals surface area (Å²) in [6.07, 6.45) is 5.75. The smallest absolute Gasteiger partial charge is 0.256 e. The number of hydrogen-bond acceptors (Lipinski definition) is 3. The van der Waals surface area contributed by atoms with Gasteiger partial charge in [-0.2, -0.15) is 0 Å². The van der Waals surface area contributed by atoms with E-state index in [1.807, 2.05) is 44.2 Å². The number of carbonyl (C=O) groups is 2. The van der Waals surface area contributed by atoms with Crippen molar-refractivity contribution in [3.05, 3.63) is 64.9 Å². The van der Waals surface area contributed by atoms with Gasteiger partial charge in [0, 0.05) is 18.8 Å². The van der Waals surface area contributed by atoms with Crippen LogP contribution in [0.4, 0.5) is 0 Å². The number of carbonyl (C=O) groups excluding carboxylic acids is 2. The minimum atomic E-state index is -0.570. The van der Waals surface area contributed by atoms with Crippen molar-refractivity contribution in [2.24, 2.45) is 5.92 Å². The van der Waals surface area contributed by atoms with Crippen LogP contribution < -0.4 is 5.32 Å². The number of pyridine rings is 1. The number of aromatic nitrogens is 1. The lowest BCUT2D eigenvalue weighted by molar-refractivity contribution is -0.128. The number of nitrogens with one attached hydrogen (secondary N) is 1. The quantitative estimate of drug-likeness (QED) is 0.681. The van der Waals surface area contributed by atoms with Crippen LogP contribution in [0.5, 0.6) is 0 Å². The SMILES string of the molecule is CC(C)C(C(=O)NC1CCCC1)N(Cc1ccccc1)C(=O)c1ccc(Cl)nc1. The molecule has 1 fully saturated rings. The highest BCUT2D eigenvalue weighted by Crippen LogP contribution is 2.22. The van der Waals surface area contributed by atoms with Gasteiger partial charge in [-0.05, 0) is 36.5 Å². The van der Waals surface area contributed by atoms with Gasteiger partial charge in [-0.1, -0.05) is 68.6 Å². The summed E-state index contributed by atoms with van der Waals surface area (Å²) in [6, 6.07) is 12.6. The predicted octanol–water partition coefficient (Wildman–Crippen LogP) is 4.46. The van der Waals surface area contributed by atoms with Crippen molar-refractivity contribution in [3.63, 3.8) is 0 Å². The van der Waals surface area contributed by atoms with Crippen molar-refractivity contribution < 1.29 is 9.59 Å². The van der Waals surface area contributed by atoms with Gasteiger partial charge >= 0.3 is 0 Å². The van der Waals surface area contributed by atoms with Crippen molar-refractivity contribution in [2.75, 3.05) is 0 Å². The molecule has 1 aliphatic rings. The van der Waals surface area contributed by atoms with E-state index in [9.17, 15) is 9.59 Å². The molecular weight excluding hydrogens is 386 g/mol. The molecule has 3 rings (SSSR count). The molecular formula is C23H28ClN3O2. The number of halogens is 1. The van der Waals surface area contributed by atoms with E-state index in [4.69, 9.17) is 11.6 Å². The van der Waals surface area contributed by atoms with Crippen molar-refractivity contribution in [3.8, 4) is 0 Å². The zero-order valence-corrected chi connectivity index (χ0v) is 17.7. The lowest BCUT2D eigenvalue weighted by Crippen LogP contribution is -2.53. The third-order valence-electron chi connectivity index (χ3n) is 5.37. The van der Waals surface area contributed by atoms with Gasteiger partial charge in [-0.25, -0.2) is 4.98 Å². The van der Waals surface area contributed by atoms with E-state index in [-0.39, 0.29) is 23.8 Å². The molecule has 6 heteroatoms. The second-order valence-electron chi connectivity index (χ2n) is 7.97. The lowest BCUT2D eigenvalue weighted by atomic mass is 9.99. The van der Waals surface area contributed by atoms with E-state index in [2.05, 4.69) is 10.3 Å². The van der Waals surface area contributed by atoms with Gasteiger partial charge in [0.2, 0.25) is 5.91 Å². The fraction of sp³-hybridized carbons (Fsp3) is 0.435. The van der Waals surface area contributed by atoms with Crippen molar-refractivity contribution >= 4 is 23.4 Å². The summed E-state index contributed by atoms with van der Waals surface area (Å²) in [6.45, 7) is 4.30. The summed E-state index contributed by atoms with van der Waals surface area (Å²) in [7, 11) is 0. The Morgan fingerprint density at radius 2 is 1.83 bits per heavy atom. The van der Waals surface area contributed by atoms with E-state index in [0.717, 1.165) is 31.2 Å². The molecule has 0 saturated heterocycles. The molecule has 2 amide bonds. The fourth-order valence-corrected chi connectivity index (χ4v) is 4.02. The highest BCUT2D eigenvalue weighted by Gasteiger charge is 2.34. The van der Waals surface area contributed by atoms with Crippen molar-refractivity contribution in [2.45, 2.75) is 58.2 Å². The molecule has 154 valence electrons. The summed E-state index contributed by atoms with van der Waals surface area (Å²) >= 11 is 5.88. The minimum Gasteiger partial charge on any atom is -0.352 e. The molecule has 29 heavy (non-hydrogen) atoms. The average molecular weight is 414 g/mol. The number of amides is 2. The molecule has 0 spiro atoms. The zero-order chi connectivity index (χ0) is 20.8. The normalized spacial score (nSPS) is 15.3. The Balaban J connectivity index is 1.90. The first kappa shape index (κ1) is 21.3. The Hall–Kier alpha value is -2.40. The minimum absolute atomic E-state index is 0.0377. The van der Waals surface area contributed by atoms with Crippen molar-refractivity contribution in [1.82, 2.24) is 15.2 Å². The second-order valence-corrected chi connectivity index (χ2v) is 8.35. The van der Waals surface area contributed by atoms with Crippen molar-refractivity contribution in [1.29, 1.82) is 0 Å². The lowest BCUT2D eigenvalue weighted by Gasteiger charge is -2.34. The monoisotopic (exact) mass is 413 g/mol. The van der Waals surface area contributed by atoms with Crippen LogP contribution in [-0.4, -0.2) is 33.8 Å². The van der Waals surface area contributed by atoms with E-state index in [1.165, 1.54) is 6.20 Å². The number of rotatable bonds is 7. The summed E-state index contributed by atoms with van der Waals surface area (Å²) in [5, 5.41) is 3.50. The summed E-state index contributed by atoms with van der Waals surface area (Å²) in [5.74, 6) is -0.347. The molecule has 1 atom stereocenters. The van der Waals surface area contributed by atoms with Gasteiger partial charge in [0.15, 0.2) is 0 Å². The Morgan fingerprint density at radius 1 is 1.14 bits per heavy atom. The van der Waals surface area contributed by atoms with Gasteiger partial charge in [0.05, 0.1) is 5.56 Å². The molecule has 1 aromatic heterocycles. The van der Waals surface area contributed by atoms with E-state index < -0.39 is 6.04 Å². The van der Waals surface area contributed by atoms with Gasteiger partial charge in [0.25, 0.3) is 5.91 Å². The summed E-state index contributed by atoms with van der Waals surface area (Å²) < 4.78 is 0. The van der Waals surface area contributed by atoms with Crippen LogP contribution in [0.15, 0.2) is 48.7 Å². The van der Waals surface area contributed by atoms with Crippen LogP contribution in [0.25, 0.3) is 0 Å². The van der Waals surface area contributed by atoms with Crippen LogP contribution in [-0.2, 0) is 11.3 Å². The number of benzene rings is 1. The molecule has 0 bridgehead atoms. The van der Waals surface area contributed by atoms with Gasteiger partial charge < -0.3 is 10.2 Å². The Kier molecular flexibility index (Phi) is 7.26. The maximum atomic E-state index is 13.4. The molecule has 1 aromatic carbocycles. The van der Waals surface area contributed by atoms with E-state index >= 15 is 0 Å². The molecule has 0 radical (unpaired) electrons. The van der Waals surface area contributed by atoms with Gasteiger partial charge in [-0.15, -0.1) is 0 Å². The largest absolute Gasteiger partial charge is 0.352 e. The number of nitrogens with zero attached hydrogens (tertiary/aromatic N) is 2. The van der Waals surface area contributed by atoms with Gasteiger partial charge in [-0.3, -0.25) is 9.59 Å². The van der Waals surface area contributed by atoms with Crippen LogP contribution in [0, 0.1) is 5.92 Å². The maximum Gasteiger partial charge on any atom is 0.256 e. The van der Waals surface area contributed by atoms with Crippen LogP contribution in [0.2, 0.25) is 5.15 Å². The molecule has 2 aromatic rings. The van der Waals surface area contributed by atoms with E-state index in [1.54, 1.807) is 17.0 Å².